The van der Waals surface area contributed by atoms with Crippen molar-refractivity contribution < 1.29 is 4.39 Å². The van der Waals surface area contributed by atoms with Crippen molar-refractivity contribution in [2.24, 2.45) is 0 Å². The van der Waals surface area contributed by atoms with Gasteiger partial charge in [-0.1, -0.05) is 62.9 Å². The Morgan fingerprint density at radius 1 is 0.909 bits per heavy atom. The lowest BCUT2D eigenvalue weighted by Crippen LogP contribution is -2.18. The Balaban J connectivity index is 0.000000847. The number of rotatable bonds is 2. The molecule has 3 rings (SSSR count). The van der Waals surface area contributed by atoms with Gasteiger partial charge < -0.3 is 5.32 Å². The van der Waals surface area contributed by atoms with Crippen LogP contribution in [0.3, 0.4) is 0 Å². The lowest BCUT2D eigenvalue weighted by molar-refractivity contribution is 0.622. The highest BCUT2D eigenvalue weighted by Gasteiger charge is 2.19. The van der Waals surface area contributed by atoms with Crippen LogP contribution in [0.5, 0.6) is 0 Å². The fourth-order valence-electron chi connectivity index (χ4n) is 2.54. The number of hydrogen-bond acceptors (Lipinski definition) is 1. The molecule has 114 valence electrons. The van der Waals surface area contributed by atoms with Gasteiger partial charge in [0.25, 0.3) is 0 Å². The van der Waals surface area contributed by atoms with Gasteiger partial charge in [0.05, 0.1) is 5.70 Å². The molecule has 0 unspecified atom stereocenters. The third-order valence-corrected chi connectivity index (χ3v) is 3.55. The zero-order valence-electron chi connectivity index (χ0n) is 13.2. The third kappa shape index (κ3) is 3.45. The topological polar surface area (TPSA) is 12.0 Å². The predicted molar refractivity (Wildman–Crippen MR) is 92.5 cm³/mol. The predicted octanol–water partition coefficient (Wildman–Crippen LogP) is 5.62. The van der Waals surface area contributed by atoms with Gasteiger partial charge >= 0.3 is 0 Å². The monoisotopic (exact) mass is 295 g/mol. The third-order valence-electron chi connectivity index (χ3n) is 3.55. The van der Waals surface area contributed by atoms with Crippen LogP contribution in [-0.2, 0) is 0 Å². The fraction of sp³-hybridized carbons (Fsp3) is 0.200. The molecule has 0 aliphatic carbocycles. The molecule has 0 atom stereocenters. The molecule has 0 radical (unpaired) electrons. The summed E-state index contributed by atoms with van der Waals surface area (Å²) in [6.45, 7) is 7.98. The summed E-state index contributed by atoms with van der Waals surface area (Å²) in [7, 11) is 0. The Bertz CT molecular complexity index is 671. The Morgan fingerprint density at radius 2 is 1.55 bits per heavy atom. The highest BCUT2D eigenvalue weighted by Crippen LogP contribution is 2.34. The molecule has 0 amide bonds. The van der Waals surface area contributed by atoms with Gasteiger partial charge in [-0.05, 0) is 36.1 Å². The van der Waals surface area contributed by atoms with Crippen LogP contribution < -0.4 is 5.32 Å². The molecule has 0 spiro atoms. The fourth-order valence-corrected chi connectivity index (χ4v) is 2.54. The van der Waals surface area contributed by atoms with Gasteiger partial charge in [0.15, 0.2) is 0 Å². The molecule has 1 N–H and O–H groups in total. The molecule has 1 aliphatic heterocycles. The average Bonchev–Trinajstić information content (AvgIpc) is 2.58. The smallest absolute Gasteiger partial charge is 0.132 e. The first-order valence-electron chi connectivity index (χ1n) is 7.74. The zero-order chi connectivity index (χ0) is 15.9. The molecule has 0 saturated heterocycles. The molecule has 1 heterocycles. The molecule has 2 aromatic carbocycles. The van der Waals surface area contributed by atoms with E-state index in [1.807, 2.05) is 38.1 Å². The van der Waals surface area contributed by atoms with E-state index in [9.17, 15) is 4.39 Å². The van der Waals surface area contributed by atoms with E-state index in [4.69, 9.17) is 0 Å². The maximum absolute atomic E-state index is 14.1. The lowest BCUT2D eigenvalue weighted by atomic mass is 9.92. The van der Waals surface area contributed by atoms with Crippen LogP contribution in [0.1, 0.15) is 37.8 Å². The van der Waals surface area contributed by atoms with Gasteiger partial charge in [0.2, 0.25) is 0 Å². The number of halogens is 1. The van der Waals surface area contributed by atoms with E-state index in [1.165, 1.54) is 6.07 Å². The van der Waals surface area contributed by atoms with Crippen molar-refractivity contribution in [2.75, 3.05) is 0 Å². The van der Waals surface area contributed by atoms with Crippen LogP contribution in [0.2, 0.25) is 0 Å². The van der Waals surface area contributed by atoms with E-state index in [0.717, 1.165) is 35.4 Å². The Hall–Kier alpha value is -2.35. The Morgan fingerprint density at radius 3 is 2.23 bits per heavy atom. The van der Waals surface area contributed by atoms with Crippen molar-refractivity contribution in [3.05, 3.63) is 83.8 Å². The summed E-state index contributed by atoms with van der Waals surface area (Å²) >= 11 is 0. The minimum absolute atomic E-state index is 0.210. The molecule has 0 saturated carbocycles. The summed E-state index contributed by atoms with van der Waals surface area (Å²) in [4.78, 5) is 0. The zero-order valence-corrected chi connectivity index (χ0v) is 13.2. The van der Waals surface area contributed by atoms with Crippen molar-refractivity contribution >= 4 is 11.3 Å². The van der Waals surface area contributed by atoms with E-state index in [2.05, 4.69) is 24.0 Å². The van der Waals surface area contributed by atoms with Crippen LogP contribution in [0.25, 0.3) is 11.3 Å². The highest BCUT2D eigenvalue weighted by molar-refractivity contribution is 5.91. The van der Waals surface area contributed by atoms with E-state index >= 15 is 0 Å². The minimum Gasteiger partial charge on any atom is -0.359 e. The van der Waals surface area contributed by atoms with Crippen molar-refractivity contribution in [3.8, 4) is 0 Å². The lowest BCUT2D eigenvalue weighted by Gasteiger charge is -2.25. The standard InChI is InChI=1S/C18H16FN.C2H6/c1-13-11-12-15(14-7-3-2-4-8-14)18(20-13)16-9-5-6-10-17(16)19;1-2/h2-10,20H,1,11-12H2;1-2H3. The number of benzene rings is 2. The molecule has 0 fully saturated rings. The van der Waals surface area contributed by atoms with Crippen molar-refractivity contribution in [3.63, 3.8) is 0 Å². The van der Waals surface area contributed by atoms with Crippen LogP contribution in [-0.4, -0.2) is 0 Å². The average molecular weight is 295 g/mol. The van der Waals surface area contributed by atoms with Gasteiger partial charge in [-0.15, -0.1) is 0 Å². The van der Waals surface area contributed by atoms with Gasteiger partial charge in [0.1, 0.15) is 5.82 Å². The molecule has 2 heteroatoms. The summed E-state index contributed by atoms with van der Waals surface area (Å²) in [5, 5.41) is 3.27. The summed E-state index contributed by atoms with van der Waals surface area (Å²) in [5.41, 5.74) is 4.65. The number of allylic oxidation sites excluding steroid dienone is 2. The van der Waals surface area contributed by atoms with Gasteiger partial charge in [-0.25, -0.2) is 4.39 Å². The first kappa shape index (κ1) is 16.0. The molecule has 1 nitrogen and oxygen atoms in total. The SMILES string of the molecule is C=C1CCC(c2ccccc2)=C(c2ccccc2F)N1.CC. The first-order chi connectivity index (χ1) is 10.8. The maximum Gasteiger partial charge on any atom is 0.132 e. The highest BCUT2D eigenvalue weighted by atomic mass is 19.1. The van der Waals surface area contributed by atoms with E-state index in [-0.39, 0.29) is 5.82 Å². The quantitative estimate of drug-likeness (QED) is 0.758. The molecular weight excluding hydrogens is 273 g/mol. The van der Waals surface area contributed by atoms with Crippen LogP contribution in [0.4, 0.5) is 4.39 Å². The Labute approximate surface area is 132 Å². The molecule has 22 heavy (non-hydrogen) atoms. The summed E-state index contributed by atoms with van der Waals surface area (Å²) in [6, 6.07) is 17.0. The number of hydrogen-bond donors (Lipinski definition) is 1. The van der Waals surface area contributed by atoms with Crippen molar-refractivity contribution in [1.82, 2.24) is 5.32 Å². The summed E-state index contributed by atoms with van der Waals surface area (Å²) < 4.78 is 14.1. The second-order valence-electron chi connectivity index (χ2n) is 4.93. The minimum atomic E-state index is -0.210. The first-order valence-corrected chi connectivity index (χ1v) is 7.74. The van der Waals surface area contributed by atoms with Crippen LogP contribution >= 0.6 is 0 Å². The van der Waals surface area contributed by atoms with E-state index in [0.29, 0.717) is 5.56 Å². The summed E-state index contributed by atoms with van der Waals surface area (Å²) in [6.07, 6.45) is 1.75. The molecule has 2 aromatic rings. The second-order valence-corrected chi connectivity index (χ2v) is 4.93. The van der Waals surface area contributed by atoms with E-state index in [1.54, 1.807) is 12.1 Å². The summed E-state index contributed by atoms with van der Waals surface area (Å²) in [5.74, 6) is -0.210. The van der Waals surface area contributed by atoms with Gasteiger partial charge in [-0.2, -0.15) is 0 Å². The largest absolute Gasteiger partial charge is 0.359 e. The van der Waals surface area contributed by atoms with Crippen molar-refractivity contribution in [1.29, 1.82) is 0 Å². The second kappa shape index (κ2) is 7.60. The molecule has 1 aliphatic rings. The molecule has 0 aromatic heterocycles. The maximum atomic E-state index is 14.1. The van der Waals surface area contributed by atoms with Crippen molar-refractivity contribution in [2.45, 2.75) is 26.7 Å². The van der Waals surface area contributed by atoms with Gasteiger partial charge in [0, 0.05) is 11.3 Å². The van der Waals surface area contributed by atoms with Crippen LogP contribution in [0, 0.1) is 5.82 Å². The molecule has 0 bridgehead atoms. The van der Waals surface area contributed by atoms with E-state index < -0.39 is 0 Å². The van der Waals surface area contributed by atoms with Crippen LogP contribution in [0.15, 0.2) is 66.9 Å². The molecular formula is C20H22FN. The normalized spacial score (nSPS) is 14.0. The Kier molecular flexibility index (Phi) is 5.54. The van der Waals surface area contributed by atoms with Gasteiger partial charge in [-0.3, -0.25) is 0 Å². The number of nitrogens with one attached hydrogen (secondary N) is 1.